The number of rotatable bonds is 10. The highest BCUT2D eigenvalue weighted by Crippen LogP contribution is 2.33. The van der Waals surface area contributed by atoms with E-state index in [0.717, 1.165) is 154 Å². The first kappa shape index (κ1) is 80.9. The summed E-state index contributed by atoms with van der Waals surface area (Å²) in [5, 5.41) is 0. The molecular formula is C62H122O20S3. The van der Waals surface area contributed by atoms with Gasteiger partial charge in [-0.2, -0.15) is 11.8 Å². The predicted molar refractivity (Wildman–Crippen MR) is 337 cm³/mol. The van der Waals surface area contributed by atoms with Crippen LogP contribution in [0.15, 0.2) is 0 Å². The van der Waals surface area contributed by atoms with Crippen LogP contribution in [0.1, 0.15) is 144 Å². The van der Waals surface area contributed by atoms with Gasteiger partial charge in [-0.15, -0.1) is 0 Å². The molecule has 11 aliphatic rings. The molecule has 0 aromatic heterocycles. The number of sulfone groups is 1. The number of ether oxygens (including phenoxy) is 17. The molecule has 0 aromatic carbocycles. The van der Waals surface area contributed by atoms with E-state index in [1.807, 2.05) is 11.8 Å². The lowest BCUT2D eigenvalue weighted by molar-refractivity contribution is -0.106. The van der Waals surface area contributed by atoms with Crippen molar-refractivity contribution in [3.05, 3.63) is 0 Å². The normalized spacial score (nSPS) is 33.8. The Labute approximate surface area is 522 Å². The standard InChI is InChI=1S/C8H14O2.C8H16O2.2C7H14O2.2C6H12O2.C5H10O3S.C5H10O2S.C5H10O2.C5H10OS/c1-9-8-4-6-2-3-7(5-8)10-6;1-8(2)6-7(9-3)4-5-10-8;1-7(2)4-6(8-3)5-9-7;1-6-5-7(8-2)3-4-9-6;1-7-6-2-4-8-5-3-6;1-7-6-3-2-4-8-5-6;1-8-5-2-3-9(6,7)4-5;1-7-5-2-3-8(6)4-5;2*1-6-5-2-3-7-4-5/h6-8H,2-5H2,1H3;7H,4-6H2,1-3H3;6H,4-5H2,1-3H3;6-7H,3-5H2,1-2H3;2*6H,2-5H2,1H3;5H,2-4H2,1H3;5H,2-4H2,1H3;2*5H,2-4H2,1H3. The predicted octanol–water partition coefficient (Wildman–Crippen LogP) is 8.49. The highest BCUT2D eigenvalue weighted by atomic mass is 32.2. The van der Waals surface area contributed by atoms with Crippen molar-refractivity contribution >= 4 is 32.4 Å². The van der Waals surface area contributed by atoms with Crippen LogP contribution in [-0.2, 0) is 101 Å². The lowest BCUT2D eigenvalue weighted by Gasteiger charge is -2.34. The summed E-state index contributed by atoms with van der Waals surface area (Å²) in [7, 11) is 14.0. The van der Waals surface area contributed by atoms with Crippen molar-refractivity contribution in [2.45, 2.75) is 234 Å². The molecule has 12 unspecified atom stereocenters. The minimum Gasteiger partial charge on any atom is -0.381 e. The van der Waals surface area contributed by atoms with Gasteiger partial charge in [0.05, 0.1) is 122 Å². The molecule has 23 heteroatoms. The second-order valence-corrected chi connectivity index (χ2v) is 29.2. The number of hydrogen-bond donors (Lipinski definition) is 0. The maximum atomic E-state index is 10.7. The van der Waals surface area contributed by atoms with Gasteiger partial charge in [-0.25, -0.2) is 8.42 Å². The third-order valence-corrected chi connectivity index (χ3v) is 20.6. The molecule has 11 heterocycles. The summed E-state index contributed by atoms with van der Waals surface area (Å²) in [6.07, 6.45) is 23.4. The molecule has 2 bridgehead atoms. The highest BCUT2D eigenvalue weighted by Gasteiger charge is 2.35. The number of hydrogen-bond acceptors (Lipinski definition) is 21. The first-order valence-electron chi connectivity index (χ1n) is 31.4. The molecule has 0 amide bonds. The Hall–Kier alpha value is -0.230. The molecule has 0 spiro atoms. The second-order valence-electron chi connectivity index (χ2n) is 24.2. The topological polar surface area (TPSA) is 208 Å². The molecule has 0 aliphatic carbocycles. The summed E-state index contributed by atoms with van der Waals surface area (Å²) in [4.78, 5) is 0. The molecule has 11 saturated heterocycles. The smallest absolute Gasteiger partial charge is 0.152 e. The van der Waals surface area contributed by atoms with Gasteiger partial charge in [-0.1, -0.05) is 0 Å². The Balaban J connectivity index is 0.000000323. The second kappa shape index (κ2) is 47.6. The van der Waals surface area contributed by atoms with Gasteiger partial charge in [-0.05, 0) is 137 Å². The lowest BCUT2D eigenvalue weighted by atomic mass is 9.96. The van der Waals surface area contributed by atoms with Gasteiger partial charge in [-0.3, -0.25) is 4.21 Å². The fraction of sp³-hybridized carbons (Fsp3) is 1.00. The van der Waals surface area contributed by atoms with E-state index in [-0.39, 0.29) is 29.2 Å². The third-order valence-electron chi connectivity index (χ3n) is 16.3. The molecule has 508 valence electrons. The van der Waals surface area contributed by atoms with E-state index in [0.29, 0.717) is 79.3 Å². The van der Waals surface area contributed by atoms with E-state index in [2.05, 4.69) is 34.6 Å². The van der Waals surface area contributed by atoms with E-state index in [1.165, 1.54) is 30.8 Å². The van der Waals surface area contributed by atoms with E-state index in [1.54, 1.807) is 71.1 Å². The number of fused-ring (bicyclic) bond motifs is 2. The highest BCUT2D eigenvalue weighted by molar-refractivity contribution is 7.99. The maximum Gasteiger partial charge on any atom is 0.152 e. The van der Waals surface area contributed by atoms with Crippen LogP contribution in [0.3, 0.4) is 0 Å². The first-order chi connectivity index (χ1) is 40.7. The van der Waals surface area contributed by atoms with Crippen LogP contribution < -0.4 is 0 Å². The number of methoxy groups -OCH3 is 10. The van der Waals surface area contributed by atoms with E-state index in [9.17, 15) is 12.6 Å². The summed E-state index contributed by atoms with van der Waals surface area (Å²) < 4.78 is 120. The zero-order chi connectivity index (χ0) is 62.9. The van der Waals surface area contributed by atoms with Gasteiger partial charge in [0, 0.05) is 152 Å². The number of thioether (sulfide) groups is 1. The van der Waals surface area contributed by atoms with Crippen LogP contribution in [0, 0.1) is 0 Å². The fourth-order valence-electron chi connectivity index (χ4n) is 10.7. The molecule has 11 aliphatic heterocycles. The van der Waals surface area contributed by atoms with Crippen molar-refractivity contribution in [2.24, 2.45) is 0 Å². The van der Waals surface area contributed by atoms with Gasteiger partial charge in [0.1, 0.15) is 0 Å². The molecule has 12 atom stereocenters. The summed E-state index contributed by atoms with van der Waals surface area (Å²) in [5.41, 5.74) is 0.0691. The monoisotopic (exact) mass is 1280 g/mol. The van der Waals surface area contributed by atoms with Crippen LogP contribution in [0.4, 0.5) is 0 Å². The summed E-state index contributed by atoms with van der Waals surface area (Å²) in [6.45, 7) is 18.1. The lowest BCUT2D eigenvalue weighted by Crippen LogP contribution is -2.37. The Kier molecular flexibility index (Phi) is 45.3. The molecule has 0 radical (unpaired) electrons. The minimum atomic E-state index is -2.73. The zero-order valence-electron chi connectivity index (χ0n) is 55.5. The Morgan fingerprint density at radius 2 is 0.976 bits per heavy atom. The molecule has 0 N–H and O–H groups in total. The molecular weight excluding hydrogens is 1160 g/mol. The van der Waals surface area contributed by atoms with Crippen molar-refractivity contribution in [2.75, 3.05) is 165 Å². The Morgan fingerprint density at radius 3 is 1.32 bits per heavy atom. The van der Waals surface area contributed by atoms with Crippen LogP contribution >= 0.6 is 11.8 Å². The largest absolute Gasteiger partial charge is 0.381 e. The van der Waals surface area contributed by atoms with Gasteiger partial charge in [0.25, 0.3) is 0 Å². The molecule has 85 heavy (non-hydrogen) atoms. The van der Waals surface area contributed by atoms with Crippen LogP contribution in [-0.4, -0.2) is 268 Å². The Morgan fingerprint density at radius 1 is 0.459 bits per heavy atom. The molecule has 0 saturated carbocycles. The maximum absolute atomic E-state index is 10.7. The summed E-state index contributed by atoms with van der Waals surface area (Å²) >= 11 is 1.98. The zero-order valence-corrected chi connectivity index (χ0v) is 58.0. The molecule has 0 aromatic rings. The van der Waals surface area contributed by atoms with Crippen molar-refractivity contribution in [1.29, 1.82) is 0 Å². The van der Waals surface area contributed by atoms with E-state index < -0.39 is 20.6 Å². The molecule has 11 fully saturated rings. The van der Waals surface area contributed by atoms with Gasteiger partial charge in [0.2, 0.25) is 0 Å². The van der Waals surface area contributed by atoms with Crippen LogP contribution in [0.5, 0.6) is 0 Å². The van der Waals surface area contributed by atoms with Gasteiger partial charge >= 0.3 is 0 Å². The van der Waals surface area contributed by atoms with Crippen molar-refractivity contribution in [1.82, 2.24) is 0 Å². The summed E-state index contributed by atoms with van der Waals surface area (Å²) in [6, 6.07) is 0. The summed E-state index contributed by atoms with van der Waals surface area (Å²) in [5.74, 6) is 4.58. The van der Waals surface area contributed by atoms with Crippen LogP contribution in [0.2, 0.25) is 0 Å². The fourth-order valence-corrected chi connectivity index (χ4v) is 14.9. The van der Waals surface area contributed by atoms with Crippen molar-refractivity contribution in [3.8, 4) is 0 Å². The van der Waals surface area contributed by atoms with E-state index >= 15 is 0 Å². The first-order valence-corrected chi connectivity index (χ1v) is 35.8. The SMILES string of the molecule is COC1CC2CCC(C1)O2.COC1CCCOC1.COC1CCOC(C)(C)C1.COC1CCOC(C)C1.COC1CCOC1.COC1CCOCC1.COC1CCS(=O)(=O)C1.COC1CCS(=O)C1.COC1CCSC1.COC1COC(C)(C)C1. The average molecular weight is 1280 g/mol. The molecule has 20 nitrogen and oxygen atoms in total. The minimum absolute atomic E-state index is 0.0267. The quantitative estimate of drug-likeness (QED) is 0.201. The van der Waals surface area contributed by atoms with Gasteiger partial charge < -0.3 is 80.5 Å². The average Bonchev–Trinajstić information content (AvgIpc) is 4.55. The van der Waals surface area contributed by atoms with Crippen molar-refractivity contribution in [3.63, 3.8) is 0 Å². The van der Waals surface area contributed by atoms with E-state index in [4.69, 9.17) is 80.5 Å². The molecule has 11 rings (SSSR count). The third kappa shape index (κ3) is 39.0. The Bertz CT molecular complexity index is 1660. The van der Waals surface area contributed by atoms with Crippen LogP contribution in [0.25, 0.3) is 0 Å². The van der Waals surface area contributed by atoms with Crippen molar-refractivity contribution < 1.29 is 93.2 Å². The van der Waals surface area contributed by atoms with Gasteiger partial charge in [0.15, 0.2) is 9.84 Å².